The van der Waals surface area contributed by atoms with E-state index in [1.807, 2.05) is 0 Å². The van der Waals surface area contributed by atoms with E-state index in [0.717, 1.165) is 5.56 Å². The zero-order chi connectivity index (χ0) is 17.1. The summed E-state index contributed by atoms with van der Waals surface area (Å²) in [6.07, 6.45) is 0.526. The van der Waals surface area contributed by atoms with Gasteiger partial charge >= 0.3 is 0 Å². The van der Waals surface area contributed by atoms with Gasteiger partial charge < -0.3 is 5.32 Å². The van der Waals surface area contributed by atoms with Crippen LogP contribution in [0, 0.1) is 0 Å². The second-order valence-electron chi connectivity index (χ2n) is 5.33. The Kier molecular flexibility index (Phi) is 4.19. The monoisotopic (exact) mass is 326 g/mol. The molecule has 0 atom stereocenters. The van der Waals surface area contributed by atoms with Crippen LogP contribution in [0.25, 0.3) is 0 Å². The molecule has 1 aromatic carbocycles. The Morgan fingerprint density at radius 1 is 1.04 bits per heavy atom. The summed E-state index contributed by atoms with van der Waals surface area (Å²) in [7, 11) is 0. The molecule has 0 bridgehead atoms. The molecule has 1 aromatic heterocycles. The summed E-state index contributed by atoms with van der Waals surface area (Å²) in [5, 5.41) is 8.48. The van der Waals surface area contributed by atoms with Crippen molar-refractivity contribution in [1.29, 1.82) is 0 Å². The van der Waals surface area contributed by atoms with E-state index >= 15 is 0 Å². The minimum atomic E-state index is -0.455. The third-order valence-electron chi connectivity index (χ3n) is 3.62. The summed E-state index contributed by atoms with van der Waals surface area (Å²) < 4.78 is 0. The standard InChI is InChI=1S/C16H14N4O4/c21-13-6-5-12(18-19-13)16(24)17-11-3-1-10(2-4-11)9-20-14(22)7-8-15(20)23/h1-6H,7-9H2,(H,17,24)(H,19,21). The van der Waals surface area contributed by atoms with Crippen molar-refractivity contribution in [2.24, 2.45) is 0 Å². The van der Waals surface area contributed by atoms with Crippen molar-refractivity contribution in [3.8, 4) is 0 Å². The molecule has 3 rings (SSSR count). The molecule has 2 N–H and O–H groups in total. The third kappa shape index (κ3) is 3.37. The molecule has 2 heterocycles. The predicted octanol–water partition coefficient (Wildman–Crippen LogP) is 0.671. The van der Waals surface area contributed by atoms with Crippen LogP contribution in [0.15, 0.2) is 41.2 Å². The highest BCUT2D eigenvalue weighted by Crippen LogP contribution is 2.17. The maximum Gasteiger partial charge on any atom is 0.276 e. The number of likely N-dealkylation sites (tertiary alicyclic amines) is 1. The number of aromatic nitrogens is 2. The number of carbonyl (C=O) groups is 3. The molecule has 1 saturated heterocycles. The normalized spacial score (nSPS) is 14.1. The molecular formula is C16H14N4O4. The van der Waals surface area contributed by atoms with Crippen LogP contribution in [0.4, 0.5) is 5.69 Å². The fraction of sp³-hybridized carbons (Fsp3) is 0.188. The van der Waals surface area contributed by atoms with Gasteiger partial charge in [0.1, 0.15) is 5.69 Å². The summed E-state index contributed by atoms with van der Waals surface area (Å²) in [6.45, 7) is 0.230. The Morgan fingerprint density at radius 2 is 1.71 bits per heavy atom. The summed E-state index contributed by atoms with van der Waals surface area (Å²) in [5.41, 5.74) is 1.03. The first-order valence-electron chi connectivity index (χ1n) is 7.32. The minimum Gasteiger partial charge on any atom is -0.321 e. The number of H-pyrrole nitrogens is 1. The zero-order valence-electron chi connectivity index (χ0n) is 12.6. The van der Waals surface area contributed by atoms with Crippen LogP contribution >= 0.6 is 0 Å². The molecule has 0 spiro atoms. The third-order valence-corrected chi connectivity index (χ3v) is 3.62. The Balaban J connectivity index is 1.65. The van der Waals surface area contributed by atoms with E-state index in [2.05, 4.69) is 15.5 Å². The van der Waals surface area contributed by atoms with Crippen molar-refractivity contribution in [1.82, 2.24) is 15.1 Å². The maximum absolute atomic E-state index is 12.0. The van der Waals surface area contributed by atoms with Gasteiger partial charge in [-0.05, 0) is 23.8 Å². The molecule has 1 aliphatic heterocycles. The number of hydrogen-bond acceptors (Lipinski definition) is 5. The molecule has 24 heavy (non-hydrogen) atoms. The molecule has 1 aliphatic rings. The van der Waals surface area contributed by atoms with Gasteiger partial charge in [0.25, 0.3) is 11.5 Å². The second-order valence-corrected chi connectivity index (χ2v) is 5.33. The Morgan fingerprint density at radius 3 is 2.29 bits per heavy atom. The number of nitrogens with one attached hydrogen (secondary N) is 2. The first-order valence-corrected chi connectivity index (χ1v) is 7.32. The predicted molar refractivity (Wildman–Crippen MR) is 84.0 cm³/mol. The van der Waals surface area contributed by atoms with E-state index in [0.29, 0.717) is 5.69 Å². The lowest BCUT2D eigenvalue weighted by Gasteiger charge is -2.14. The highest BCUT2D eigenvalue weighted by atomic mass is 16.2. The van der Waals surface area contributed by atoms with Crippen molar-refractivity contribution in [3.05, 3.63) is 58.0 Å². The first-order chi connectivity index (χ1) is 11.5. The summed E-state index contributed by atoms with van der Waals surface area (Å²) in [6, 6.07) is 9.35. The first kappa shape index (κ1) is 15.6. The van der Waals surface area contributed by atoms with Crippen LogP contribution in [-0.4, -0.2) is 32.8 Å². The van der Waals surface area contributed by atoms with Gasteiger partial charge in [0, 0.05) is 24.6 Å². The van der Waals surface area contributed by atoms with Crippen LogP contribution in [0.2, 0.25) is 0 Å². The number of amides is 3. The molecule has 0 aliphatic carbocycles. The molecule has 8 heteroatoms. The number of rotatable bonds is 4. The average molecular weight is 326 g/mol. The van der Waals surface area contributed by atoms with Gasteiger partial charge in [0.15, 0.2) is 0 Å². The van der Waals surface area contributed by atoms with Gasteiger partial charge in [-0.2, -0.15) is 5.10 Å². The Hall–Kier alpha value is -3.29. The summed E-state index contributed by atoms with van der Waals surface area (Å²) >= 11 is 0. The molecule has 2 aromatic rings. The van der Waals surface area contributed by atoms with Gasteiger partial charge in [0.2, 0.25) is 11.8 Å². The maximum atomic E-state index is 12.0. The molecule has 0 radical (unpaired) electrons. The number of anilines is 1. The summed E-state index contributed by atoms with van der Waals surface area (Å²) in [4.78, 5) is 47.3. The van der Waals surface area contributed by atoms with Crippen molar-refractivity contribution in [2.75, 3.05) is 5.32 Å². The second kappa shape index (κ2) is 6.45. The largest absolute Gasteiger partial charge is 0.321 e. The van der Waals surface area contributed by atoms with Gasteiger partial charge in [-0.1, -0.05) is 12.1 Å². The van der Waals surface area contributed by atoms with Crippen molar-refractivity contribution < 1.29 is 14.4 Å². The van der Waals surface area contributed by atoms with Gasteiger partial charge in [0.05, 0.1) is 6.54 Å². The number of hydrogen-bond donors (Lipinski definition) is 2. The van der Waals surface area contributed by atoms with Crippen LogP contribution in [0.1, 0.15) is 28.9 Å². The molecule has 0 saturated carbocycles. The Labute approximate surface area is 136 Å². The highest BCUT2D eigenvalue weighted by Gasteiger charge is 2.28. The van der Waals surface area contributed by atoms with Crippen LogP contribution in [-0.2, 0) is 16.1 Å². The molecule has 0 unspecified atom stereocenters. The van der Waals surface area contributed by atoms with Gasteiger partial charge in [-0.15, -0.1) is 0 Å². The number of carbonyl (C=O) groups excluding carboxylic acids is 3. The van der Waals surface area contributed by atoms with Crippen LogP contribution < -0.4 is 10.9 Å². The van der Waals surface area contributed by atoms with E-state index in [9.17, 15) is 19.2 Å². The quantitative estimate of drug-likeness (QED) is 0.802. The molecule has 8 nitrogen and oxygen atoms in total. The SMILES string of the molecule is O=C(Nc1ccc(CN2C(=O)CCC2=O)cc1)c1ccc(=O)[nH]n1. The lowest BCUT2D eigenvalue weighted by Crippen LogP contribution is -2.28. The topological polar surface area (TPSA) is 112 Å². The van der Waals surface area contributed by atoms with E-state index in [-0.39, 0.29) is 42.5 Å². The smallest absolute Gasteiger partial charge is 0.276 e. The fourth-order valence-electron chi connectivity index (χ4n) is 2.34. The van der Waals surface area contributed by atoms with Crippen molar-refractivity contribution in [2.45, 2.75) is 19.4 Å². The highest BCUT2D eigenvalue weighted by molar-refractivity contribution is 6.03. The number of imide groups is 1. The average Bonchev–Trinajstić information content (AvgIpc) is 2.89. The van der Waals surface area contributed by atoms with E-state index < -0.39 is 5.91 Å². The van der Waals surface area contributed by atoms with Gasteiger partial charge in [-0.3, -0.25) is 24.1 Å². The molecule has 1 fully saturated rings. The summed E-state index contributed by atoms with van der Waals surface area (Å²) in [5.74, 6) is -0.785. The Bertz CT molecular complexity index is 821. The molecular weight excluding hydrogens is 312 g/mol. The van der Waals surface area contributed by atoms with Crippen LogP contribution in [0.5, 0.6) is 0 Å². The number of nitrogens with zero attached hydrogens (tertiary/aromatic N) is 2. The van der Waals surface area contributed by atoms with Crippen LogP contribution in [0.3, 0.4) is 0 Å². The minimum absolute atomic E-state index is 0.0898. The zero-order valence-corrected chi connectivity index (χ0v) is 12.6. The lowest BCUT2D eigenvalue weighted by atomic mass is 10.2. The number of aromatic amines is 1. The molecule has 3 amide bonds. The van der Waals surface area contributed by atoms with Gasteiger partial charge in [-0.25, -0.2) is 5.10 Å². The lowest BCUT2D eigenvalue weighted by molar-refractivity contribution is -0.139. The van der Waals surface area contributed by atoms with E-state index in [1.54, 1.807) is 24.3 Å². The number of benzene rings is 1. The van der Waals surface area contributed by atoms with Crippen molar-refractivity contribution in [3.63, 3.8) is 0 Å². The van der Waals surface area contributed by atoms with Crippen molar-refractivity contribution >= 4 is 23.4 Å². The van der Waals surface area contributed by atoms with E-state index in [1.165, 1.54) is 17.0 Å². The fourth-order valence-corrected chi connectivity index (χ4v) is 2.34. The molecule has 122 valence electrons. The van der Waals surface area contributed by atoms with E-state index in [4.69, 9.17) is 0 Å².